The van der Waals surface area contributed by atoms with Gasteiger partial charge in [0.2, 0.25) is 0 Å². The van der Waals surface area contributed by atoms with Crippen molar-refractivity contribution in [2.75, 3.05) is 9.80 Å². The zero-order chi connectivity index (χ0) is 50.5. The number of rotatable bonds is 10. The van der Waals surface area contributed by atoms with Crippen molar-refractivity contribution in [1.82, 2.24) is 9.13 Å². The Hall–Kier alpha value is -9.20. The van der Waals surface area contributed by atoms with Gasteiger partial charge in [0.25, 0.3) is 0 Å². The molecule has 2 aliphatic carbocycles. The molecular formula is C70H48N4S2. The average Bonchev–Trinajstić information content (AvgIpc) is 4.48. The van der Waals surface area contributed by atoms with Gasteiger partial charge in [0.15, 0.2) is 0 Å². The van der Waals surface area contributed by atoms with Crippen LogP contribution < -0.4 is 9.80 Å². The van der Waals surface area contributed by atoms with Gasteiger partial charge in [0, 0.05) is 77.0 Å². The number of aromatic nitrogens is 2. The van der Waals surface area contributed by atoms with Crippen LogP contribution in [-0.4, -0.2) is 9.13 Å². The Morgan fingerprint density at radius 1 is 0.408 bits per heavy atom. The molecule has 360 valence electrons. The molecule has 13 aromatic rings. The molecular weight excluding hydrogens is 961 g/mol. The van der Waals surface area contributed by atoms with Gasteiger partial charge in [0.1, 0.15) is 0 Å². The third-order valence-electron chi connectivity index (χ3n) is 15.8. The first-order valence-electron chi connectivity index (χ1n) is 25.9. The monoisotopic (exact) mass is 1010 g/mol. The van der Waals surface area contributed by atoms with E-state index in [4.69, 9.17) is 0 Å². The van der Waals surface area contributed by atoms with E-state index in [0.29, 0.717) is 0 Å². The Morgan fingerprint density at radius 2 is 0.855 bits per heavy atom. The Bertz CT molecular complexity index is 4400. The van der Waals surface area contributed by atoms with E-state index in [1.54, 1.807) is 0 Å². The van der Waals surface area contributed by atoms with Crippen LogP contribution in [0.1, 0.15) is 40.4 Å². The van der Waals surface area contributed by atoms with Crippen LogP contribution in [0.2, 0.25) is 0 Å². The second-order valence-electron chi connectivity index (χ2n) is 19.6. The minimum atomic E-state index is -0.548. The molecule has 0 N–H and O–H groups in total. The second-order valence-corrected chi connectivity index (χ2v) is 21.5. The molecule has 0 bridgehead atoms. The molecule has 0 saturated carbocycles. The van der Waals surface area contributed by atoms with E-state index in [1.165, 1.54) is 64.9 Å². The van der Waals surface area contributed by atoms with Crippen molar-refractivity contribution < 1.29 is 0 Å². The fraction of sp³-hybridized carbons (Fsp3) is 0.0286. The fourth-order valence-corrected chi connectivity index (χ4v) is 14.8. The minimum Gasteiger partial charge on any atom is -0.310 e. The molecule has 0 amide bonds. The zero-order valence-electron chi connectivity index (χ0n) is 41.6. The first kappa shape index (κ1) is 44.3. The number of allylic oxidation sites excluding steroid dienone is 1. The average molecular weight is 1010 g/mol. The van der Waals surface area contributed by atoms with Crippen LogP contribution in [0.5, 0.6) is 0 Å². The van der Waals surface area contributed by atoms with Gasteiger partial charge in [-0.3, -0.25) is 0 Å². The largest absolute Gasteiger partial charge is 0.310 e. The Labute approximate surface area is 449 Å². The molecule has 15 rings (SSSR count). The number of thiophene rings is 2. The van der Waals surface area contributed by atoms with E-state index in [-0.39, 0.29) is 0 Å². The van der Waals surface area contributed by atoms with Gasteiger partial charge < -0.3 is 18.9 Å². The van der Waals surface area contributed by atoms with Crippen LogP contribution in [0.25, 0.3) is 77.1 Å². The molecule has 4 aromatic heterocycles. The van der Waals surface area contributed by atoms with E-state index in [0.717, 1.165) is 67.7 Å². The maximum atomic E-state index is 4.37. The normalized spacial score (nSPS) is 12.9. The van der Waals surface area contributed by atoms with Crippen LogP contribution >= 0.6 is 22.7 Å². The Balaban J connectivity index is 0.932. The molecule has 76 heavy (non-hydrogen) atoms. The van der Waals surface area contributed by atoms with E-state index in [9.17, 15) is 0 Å². The number of benzene rings is 9. The number of nitrogens with zero attached hydrogens (tertiary/aromatic N) is 4. The number of fused-ring (bicyclic) bond motifs is 14. The molecule has 1 spiro atoms. The maximum absolute atomic E-state index is 4.37. The molecule has 0 fully saturated rings. The molecule has 6 heteroatoms. The summed E-state index contributed by atoms with van der Waals surface area (Å²) in [6.45, 7) is 6.45. The highest BCUT2D eigenvalue weighted by Gasteiger charge is 2.53. The van der Waals surface area contributed by atoms with Crippen molar-refractivity contribution in [1.29, 1.82) is 0 Å². The third-order valence-corrected chi connectivity index (χ3v) is 17.7. The number of anilines is 6. The number of para-hydroxylation sites is 5. The van der Waals surface area contributed by atoms with Crippen molar-refractivity contribution in [3.63, 3.8) is 0 Å². The summed E-state index contributed by atoms with van der Waals surface area (Å²) in [5.74, 6) is 0. The molecule has 9 aromatic carbocycles. The zero-order valence-corrected chi connectivity index (χ0v) is 43.3. The molecule has 0 aliphatic heterocycles. The smallest absolute Gasteiger partial charge is 0.0743 e. The van der Waals surface area contributed by atoms with Crippen LogP contribution in [0.15, 0.2) is 254 Å². The van der Waals surface area contributed by atoms with E-state index in [2.05, 4.69) is 286 Å². The summed E-state index contributed by atoms with van der Waals surface area (Å²) < 4.78 is 4.74. The summed E-state index contributed by atoms with van der Waals surface area (Å²) in [5.41, 5.74) is 21.9. The van der Waals surface area contributed by atoms with Gasteiger partial charge in [-0.15, -0.1) is 22.7 Å². The summed E-state index contributed by atoms with van der Waals surface area (Å²) in [6, 6.07) is 85.0. The lowest BCUT2D eigenvalue weighted by Gasteiger charge is -2.32. The summed E-state index contributed by atoms with van der Waals surface area (Å²) in [7, 11) is 0. The summed E-state index contributed by atoms with van der Waals surface area (Å²) in [5, 5.41) is 8.18. The molecule has 4 nitrogen and oxygen atoms in total. The highest BCUT2D eigenvalue weighted by molar-refractivity contribution is 7.21. The summed E-state index contributed by atoms with van der Waals surface area (Å²) in [6.07, 6.45) is 6.33. The fourth-order valence-electron chi connectivity index (χ4n) is 12.7. The van der Waals surface area contributed by atoms with Gasteiger partial charge >= 0.3 is 0 Å². The van der Waals surface area contributed by atoms with Gasteiger partial charge in [-0.2, -0.15) is 0 Å². The SMILES string of the molecule is C=Cc1c(/C=C\C)n(-c2ccccc2)c2ccc(N(c3ccccc3)c3ccc4c(c3)C3(c5cc(N(c6ccccc6)c6ccc7c(c6)c6ccccc6n7-c6ccccc6)ccc5-4)c4ccsc4-c4sccc43)cc12. The highest BCUT2D eigenvalue weighted by atomic mass is 32.1. The molecule has 4 heterocycles. The lowest BCUT2D eigenvalue weighted by Crippen LogP contribution is -2.26. The number of hydrogen-bond donors (Lipinski definition) is 0. The van der Waals surface area contributed by atoms with E-state index >= 15 is 0 Å². The Kier molecular flexibility index (Phi) is 10.2. The van der Waals surface area contributed by atoms with Crippen molar-refractivity contribution in [3.8, 4) is 32.3 Å². The van der Waals surface area contributed by atoms with Crippen molar-refractivity contribution >= 4 is 102 Å². The van der Waals surface area contributed by atoms with Gasteiger partial charge in [-0.25, -0.2) is 0 Å². The molecule has 0 unspecified atom stereocenters. The van der Waals surface area contributed by atoms with E-state index < -0.39 is 5.41 Å². The quantitative estimate of drug-likeness (QED) is 0.136. The van der Waals surface area contributed by atoms with Crippen LogP contribution in [0, 0.1) is 0 Å². The molecule has 0 atom stereocenters. The predicted molar refractivity (Wildman–Crippen MR) is 324 cm³/mol. The topological polar surface area (TPSA) is 16.3 Å². The Morgan fingerprint density at radius 3 is 1.39 bits per heavy atom. The van der Waals surface area contributed by atoms with Crippen LogP contribution in [0.4, 0.5) is 34.1 Å². The molecule has 2 aliphatic rings. The molecule has 0 radical (unpaired) electrons. The molecule has 0 saturated heterocycles. The first-order valence-corrected chi connectivity index (χ1v) is 27.6. The highest BCUT2D eigenvalue weighted by Crippen LogP contribution is 2.66. The van der Waals surface area contributed by atoms with Crippen molar-refractivity contribution in [3.05, 3.63) is 287 Å². The standard InChI is InChI=1S/C70H48N4S2/c1-3-19-64-54(4-2)58-42-50(32-36-66(58)73(64)48-24-13-7-14-25-48)71(46-20-9-5-10-21-46)52-30-34-55-56-35-31-53(45-63(56)70(62(55)44-52)60-38-40-75-68(60)69-61(70)39-41-76-69)72(47-22-11-6-12-23-47)51-33-37-67-59(43-51)57-28-17-18-29-65(57)74(67)49-26-15-8-16-27-49/h3-45H,2H2,1H3/b19-3-. The number of hydrogen-bond acceptors (Lipinski definition) is 4. The maximum Gasteiger partial charge on any atom is 0.0743 e. The predicted octanol–water partition coefficient (Wildman–Crippen LogP) is 19.8. The van der Waals surface area contributed by atoms with Gasteiger partial charge in [-0.05, 0) is 185 Å². The van der Waals surface area contributed by atoms with Crippen LogP contribution in [-0.2, 0) is 5.41 Å². The van der Waals surface area contributed by atoms with Gasteiger partial charge in [-0.1, -0.05) is 122 Å². The van der Waals surface area contributed by atoms with Crippen molar-refractivity contribution in [2.24, 2.45) is 0 Å². The summed E-state index contributed by atoms with van der Waals surface area (Å²) in [4.78, 5) is 7.61. The summed E-state index contributed by atoms with van der Waals surface area (Å²) >= 11 is 3.72. The van der Waals surface area contributed by atoms with E-state index in [1.807, 2.05) is 28.7 Å². The third kappa shape index (κ3) is 6.41. The first-order chi connectivity index (χ1) is 37.6. The van der Waals surface area contributed by atoms with Crippen LogP contribution in [0.3, 0.4) is 0 Å². The van der Waals surface area contributed by atoms with Gasteiger partial charge in [0.05, 0.1) is 27.7 Å². The lowest BCUT2D eigenvalue weighted by molar-refractivity contribution is 0.798. The van der Waals surface area contributed by atoms with Crippen molar-refractivity contribution in [2.45, 2.75) is 12.3 Å². The lowest BCUT2D eigenvalue weighted by atomic mass is 9.71. The second kappa shape index (κ2) is 17.5. The minimum absolute atomic E-state index is 0.548.